The van der Waals surface area contributed by atoms with Gasteiger partial charge in [0.25, 0.3) is 0 Å². The third-order valence-corrected chi connectivity index (χ3v) is 3.29. The number of nitrogens with zero attached hydrogens (tertiary/aromatic N) is 1. The van der Waals surface area contributed by atoms with E-state index in [1.807, 2.05) is 0 Å². The summed E-state index contributed by atoms with van der Waals surface area (Å²) in [6, 6.07) is 5.03. The topological polar surface area (TPSA) is 29.5 Å². The SMILES string of the molecule is O=C(ON1CC=C(c2cc(Cl)cc(Cl)c2)CC1)C(F)(F)F. The van der Waals surface area contributed by atoms with Crippen LogP contribution < -0.4 is 0 Å². The quantitative estimate of drug-likeness (QED) is 0.812. The summed E-state index contributed by atoms with van der Waals surface area (Å²) in [7, 11) is 0. The highest BCUT2D eigenvalue weighted by atomic mass is 35.5. The maximum atomic E-state index is 12.1. The predicted molar refractivity (Wildman–Crippen MR) is 72.8 cm³/mol. The van der Waals surface area contributed by atoms with Gasteiger partial charge in [0.15, 0.2) is 0 Å². The Morgan fingerprint density at radius 3 is 2.29 bits per heavy atom. The fourth-order valence-electron chi connectivity index (χ4n) is 1.90. The lowest BCUT2D eigenvalue weighted by atomic mass is 10.0. The Labute approximate surface area is 128 Å². The Morgan fingerprint density at radius 2 is 1.81 bits per heavy atom. The van der Waals surface area contributed by atoms with Crippen LogP contribution in [0.4, 0.5) is 13.2 Å². The van der Waals surface area contributed by atoms with Crippen molar-refractivity contribution in [1.29, 1.82) is 0 Å². The number of carbonyl (C=O) groups is 1. The largest absolute Gasteiger partial charge is 0.492 e. The van der Waals surface area contributed by atoms with Crippen LogP contribution in [0, 0.1) is 0 Å². The summed E-state index contributed by atoms with van der Waals surface area (Å²) in [5.41, 5.74) is 1.69. The summed E-state index contributed by atoms with van der Waals surface area (Å²) in [4.78, 5) is 15.0. The Balaban J connectivity index is 2.04. The van der Waals surface area contributed by atoms with E-state index in [1.165, 1.54) is 0 Å². The van der Waals surface area contributed by atoms with Crippen molar-refractivity contribution in [3.63, 3.8) is 0 Å². The van der Waals surface area contributed by atoms with Crippen LogP contribution in [-0.4, -0.2) is 30.3 Å². The Bertz CT molecular complexity index is 567. The smallest absolute Gasteiger partial charge is 0.360 e. The summed E-state index contributed by atoms with van der Waals surface area (Å²) in [6.45, 7) is 0.235. The van der Waals surface area contributed by atoms with Gasteiger partial charge in [0.2, 0.25) is 0 Å². The molecule has 0 aliphatic carbocycles. The van der Waals surface area contributed by atoms with Crippen molar-refractivity contribution < 1.29 is 22.8 Å². The van der Waals surface area contributed by atoms with Crippen LogP contribution in [0.1, 0.15) is 12.0 Å². The number of rotatable bonds is 2. The molecule has 1 heterocycles. The second kappa shape index (κ2) is 6.25. The molecule has 1 aromatic rings. The highest BCUT2D eigenvalue weighted by molar-refractivity contribution is 6.34. The summed E-state index contributed by atoms with van der Waals surface area (Å²) in [5, 5.41) is 1.92. The van der Waals surface area contributed by atoms with E-state index in [2.05, 4.69) is 4.84 Å². The van der Waals surface area contributed by atoms with Crippen molar-refractivity contribution >= 4 is 34.7 Å². The Kier molecular flexibility index (Phi) is 4.81. The van der Waals surface area contributed by atoms with Gasteiger partial charge in [0.1, 0.15) is 0 Å². The summed E-state index contributed by atoms with van der Waals surface area (Å²) in [6.07, 6.45) is -2.90. The Hall–Kier alpha value is -1.24. The fraction of sp³-hybridized carbons (Fsp3) is 0.308. The first kappa shape index (κ1) is 16.1. The number of hydrogen-bond donors (Lipinski definition) is 0. The van der Waals surface area contributed by atoms with Crippen LogP contribution in [0.15, 0.2) is 24.3 Å². The molecule has 0 saturated carbocycles. The molecule has 0 bridgehead atoms. The minimum atomic E-state index is -5.00. The second-order valence-corrected chi connectivity index (χ2v) is 5.27. The molecule has 3 nitrogen and oxygen atoms in total. The van der Waals surface area contributed by atoms with Crippen LogP contribution in [0.3, 0.4) is 0 Å². The van der Waals surface area contributed by atoms with Gasteiger partial charge in [-0.25, -0.2) is 4.79 Å². The molecular formula is C13H10Cl2F3NO2. The molecule has 8 heteroatoms. The third-order valence-electron chi connectivity index (χ3n) is 2.85. The third kappa shape index (κ3) is 4.36. The number of benzene rings is 1. The van der Waals surface area contributed by atoms with Crippen molar-refractivity contribution in [2.24, 2.45) is 0 Å². The molecule has 0 radical (unpaired) electrons. The van der Waals surface area contributed by atoms with Gasteiger partial charge >= 0.3 is 12.1 Å². The van der Waals surface area contributed by atoms with Gasteiger partial charge in [0.05, 0.1) is 6.54 Å². The lowest BCUT2D eigenvalue weighted by Gasteiger charge is -2.25. The zero-order valence-electron chi connectivity index (χ0n) is 10.6. The summed E-state index contributed by atoms with van der Waals surface area (Å²) in [5.74, 6) is -2.22. The number of hydroxylamine groups is 2. The summed E-state index contributed by atoms with van der Waals surface area (Å²) >= 11 is 11.8. The van der Waals surface area contributed by atoms with Gasteiger partial charge < -0.3 is 4.84 Å². The van der Waals surface area contributed by atoms with E-state index >= 15 is 0 Å². The molecule has 114 valence electrons. The highest BCUT2D eigenvalue weighted by Gasteiger charge is 2.42. The lowest BCUT2D eigenvalue weighted by molar-refractivity contribution is -0.237. The van der Waals surface area contributed by atoms with Crippen LogP contribution >= 0.6 is 23.2 Å². The van der Waals surface area contributed by atoms with Crippen molar-refractivity contribution in [1.82, 2.24) is 5.06 Å². The minimum absolute atomic E-state index is 0.0707. The van der Waals surface area contributed by atoms with Crippen molar-refractivity contribution in [3.05, 3.63) is 39.9 Å². The molecule has 0 aromatic heterocycles. The minimum Gasteiger partial charge on any atom is -0.360 e. The monoisotopic (exact) mass is 339 g/mol. The molecule has 0 saturated heterocycles. The maximum Gasteiger partial charge on any atom is 0.492 e. The van der Waals surface area contributed by atoms with E-state index < -0.39 is 12.1 Å². The van der Waals surface area contributed by atoms with E-state index in [0.717, 1.165) is 16.2 Å². The molecule has 0 atom stereocenters. The Morgan fingerprint density at radius 1 is 1.19 bits per heavy atom. The molecule has 0 amide bonds. The molecule has 0 unspecified atom stereocenters. The van der Waals surface area contributed by atoms with E-state index in [4.69, 9.17) is 23.2 Å². The normalized spacial score (nSPS) is 16.5. The van der Waals surface area contributed by atoms with Crippen LogP contribution in [-0.2, 0) is 9.63 Å². The van der Waals surface area contributed by atoms with Crippen LogP contribution in [0.25, 0.3) is 5.57 Å². The van der Waals surface area contributed by atoms with Crippen molar-refractivity contribution in [3.8, 4) is 0 Å². The lowest BCUT2D eigenvalue weighted by Crippen LogP contribution is -2.37. The first-order valence-corrected chi connectivity index (χ1v) is 6.71. The van der Waals surface area contributed by atoms with E-state index in [9.17, 15) is 18.0 Å². The zero-order chi connectivity index (χ0) is 15.6. The van der Waals surface area contributed by atoms with Gasteiger partial charge in [-0.2, -0.15) is 13.2 Å². The van der Waals surface area contributed by atoms with Gasteiger partial charge in [-0.05, 0) is 35.8 Å². The maximum absolute atomic E-state index is 12.1. The molecule has 0 N–H and O–H groups in total. The van der Waals surface area contributed by atoms with Crippen molar-refractivity contribution in [2.45, 2.75) is 12.6 Å². The van der Waals surface area contributed by atoms with Gasteiger partial charge in [-0.3, -0.25) is 0 Å². The average molecular weight is 340 g/mol. The van der Waals surface area contributed by atoms with Gasteiger partial charge in [0, 0.05) is 16.6 Å². The molecule has 0 fully saturated rings. The number of halogens is 5. The molecular weight excluding hydrogens is 330 g/mol. The van der Waals surface area contributed by atoms with E-state index in [-0.39, 0.29) is 13.1 Å². The van der Waals surface area contributed by atoms with Crippen molar-refractivity contribution in [2.75, 3.05) is 13.1 Å². The molecule has 2 rings (SSSR count). The molecule has 1 aliphatic heterocycles. The summed E-state index contributed by atoms with van der Waals surface area (Å²) < 4.78 is 36.3. The average Bonchev–Trinajstić information content (AvgIpc) is 2.37. The van der Waals surface area contributed by atoms with E-state index in [0.29, 0.717) is 16.5 Å². The molecule has 0 spiro atoms. The highest BCUT2D eigenvalue weighted by Crippen LogP contribution is 2.28. The first-order valence-electron chi connectivity index (χ1n) is 5.95. The number of hydrogen-bond acceptors (Lipinski definition) is 3. The molecule has 1 aromatic carbocycles. The molecule has 1 aliphatic rings. The van der Waals surface area contributed by atoms with Crippen LogP contribution in [0.2, 0.25) is 10.0 Å². The van der Waals surface area contributed by atoms with Gasteiger partial charge in [-0.15, -0.1) is 5.06 Å². The predicted octanol–water partition coefficient (Wildman–Crippen LogP) is 4.10. The van der Waals surface area contributed by atoms with Gasteiger partial charge in [-0.1, -0.05) is 29.3 Å². The number of alkyl halides is 3. The second-order valence-electron chi connectivity index (χ2n) is 4.40. The first-order chi connectivity index (χ1) is 9.75. The standard InChI is InChI=1S/C13H10Cl2F3NO2/c14-10-5-9(6-11(15)7-10)8-1-3-19(4-2-8)21-12(20)13(16,17)18/h1,5-7H,2-4H2. The zero-order valence-corrected chi connectivity index (χ0v) is 12.1. The van der Waals surface area contributed by atoms with E-state index in [1.54, 1.807) is 24.3 Å². The number of carbonyl (C=O) groups excluding carboxylic acids is 1. The fourth-order valence-corrected chi connectivity index (χ4v) is 2.43. The van der Waals surface area contributed by atoms with Crippen LogP contribution in [0.5, 0.6) is 0 Å². The molecule has 21 heavy (non-hydrogen) atoms.